The molecular formula is C28H36N2O4S. The number of carbonyl (C=O) groups excluding carboxylic acids is 2. The normalized spacial score (nSPS) is 13.7. The lowest BCUT2D eigenvalue weighted by molar-refractivity contribution is -0.146. The van der Waals surface area contributed by atoms with Gasteiger partial charge < -0.3 is 20.4 Å². The third kappa shape index (κ3) is 8.94. The molecule has 188 valence electrons. The van der Waals surface area contributed by atoms with Gasteiger partial charge in [0.25, 0.3) is 5.91 Å². The van der Waals surface area contributed by atoms with Gasteiger partial charge in [-0.25, -0.2) is 0 Å². The zero-order valence-corrected chi connectivity index (χ0v) is 21.5. The number of nitrogens with zero attached hydrogens (tertiary/aromatic N) is 1. The standard InChI is InChI=1S/C13H17NO3.C13H13NOS.C2H6/c1-9(15)12(16)13(17)14-7-6-10-4-2-3-5-11(10)8-14;15-10-14-9-13-7-6-12(16-13)8-11-4-2-1-3-5-11;1-2/h2-5,9,12,15-16H,6-8H2,1H3;1-7,10H,8-9H2,(H,14,15);1-2H3. The van der Waals surface area contributed by atoms with Crippen LogP contribution in [0.2, 0.25) is 0 Å². The van der Waals surface area contributed by atoms with Gasteiger partial charge in [0.2, 0.25) is 6.41 Å². The minimum absolute atomic E-state index is 0.394. The lowest BCUT2D eigenvalue weighted by atomic mass is 9.99. The van der Waals surface area contributed by atoms with Crippen LogP contribution in [0.4, 0.5) is 0 Å². The van der Waals surface area contributed by atoms with E-state index >= 15 is 0 Å². The zero-order valence-electron chi connectivity index (χ0n) is 20.7. The van der Waals surface area contributed by atoms with Gasteiger partial charge in [0, 0.05) is 29.3 Å². The molecule has 0 bridgehead atoms. The molecular weight excluding hydrogens is 460 g/mol. The summed E-state index contributed by atoms with van der Waals surface area (Å²) in [5.41, 5.74) is 3.69. The summed E-state index contributed by atoms with van der Waals surface area (Å²) in [4.78, 5) is 26.2. The van der Waals surface area contributed by atoms with Crippen molar-refractivity contribution < 1.29 is 19.8 Å². The van der Waals surface area contributed by atoms with Crippen LogP contribution in [0.5, 0.6) is 0 Å². The lowest BCUT2D eigenvalue weighted by Gasteiger charge is -2.31. The van der Waals surface area contributed by atoms with Gasteiger partial charge in [0.15, 0.2) is 6.10 Å². The van der Waals surface area contributed by atoms with Crippen molar-refractivity contribution in [2.75, 3.05) is 6.54 Å². The maximum absolute atomic E-state index is 11.9. The van der Waals surface area contributed by atoms with Crippen LogP contribution in [0, 0.1) is 0 Å². The van der Waals surface area contributed by atoms with E-state index in [0.717, 1.165) is 24.8 Å². The van der Waals surface area contributed by atoms with Crippen molar-refractivity contribution in [3.63, 3.8) is 0 Å². The van der Waals surface area contributed by atoms with Crippen molar-refractivity contribution in [2.24, 2.45) is 0 Å². The second kappa shape index (κ2) is 15.1. The number of benzene rings is 2. The highest BCUT2D eigenvalue weighted by molar-refractivity contribution is 7.12. The maximum atomic E-state index is 11.9. The van der Waals surface area contributed by atoms with Gasteiger partial charge >= 0.3 is 0 Å². The summed E-state index contributed by atoms with van der Waals surface area (Å²) in [6.07, 6.45) is 0.150. The van der Waals surface area contributed by atoms with Crippen LogP contribution in [0.1, 0.15) is 47.2 Å². The van der Waals surface area contributed by atoms with Crippen molar-refractivity contribution in [1.29, 1.82) is 0 Å². The highest BCUT2D eigenvalue weighted by Gasteiger charge is 2.28. The summed E-state index contributed by atoms with van der Waals surface area (Å²) in [7, 11) is 0. The number of thiophene rings is 1. The molecule has 3 aromatic rings. The highest BCUT2D eigenvalue weighted by Crippen LogP contribution is 2.20. The molecule has 0 spiro atoms. The van der Waals surface area contributed by atoms with Crippen molar-refractivity contribution in [1.82, 2.24) is 10.2 Å². The summed E-state index contributed by atoms with van der Waals surface area (Å²) in [5.74, 6) is -0.394. The van der Waals surface area contributed by atoms with Crippen LogP contribution < -0.4 is 5.32 Å². The number of hydrogen-bond donors (Lipinski definition) is 3. The molecule has 6 nitrogen and oxygen atoms in total. The van der Waals surface area contributed by atoms with E-state index in [0.29, 0.717) is 19.6 Å². The van der Waals surface area contributed by atoms with E-state index in [1.165, 1.54) is 27.8 Å². The van der Waals surface area contributed by atoms with Gasteiger partial charge in [-0.2, -0.15) is 0 Å². The number of aliphatic hydroxyl groups is 2. The van der Waals surface area contributed by atoms with E-state index in [1.807, 2.05) is 38.1 Å². The molecule has 0 saturated heterocycles. The molecule has 35 heavy (non-hydrogen) atoms. The highest BCUT2D eigenvalue weighted by atomic mass is 32.1. The SMILES string of the molecule is CC.CC(O)C(O)C(=O)N1CCc2ccccc2C1.O=CNCc1ccc(Cc2ccccc2)s1. The molecule has 2 unspecified atom stereocenters. The summed E-state index contributed by atoms with van der Waals surface area (Å²) in [5, 5.41) is 21.4. The number of nitrogens with one attached hydrogen (secondary N) is 1. The van der Waals surface area contributed by atoms with Gasteiger partial charge in [-0.1, -0.05) is 68.4 Å². The Hall–Kier alpha value is -3.00. The number of hydrogen-bond acceptors (Lipinski definition) is 5. The van der Waals surface area contributed by atoms with Gasteiger partial charge in [0.1, 0.15) is 0 Å². The minimum atomic E-state index is -1.32. The largest absolute Gasteiger partial charge is 0.390 e. The van der Waals surface area contributed by atoms with Gasteiger partial charge in [-0.05, 0) is 42.2 Å². The van der Waals surface area contributed by atoms with Crippen LogP contribution in [0.15, 0.2) is 66.7 Å². The predicted molar refractivity (Wildman–Crippen MR) is 141 cm³/mol. The topological polar surface area (TPSA) is 89.9 Å². The Morgan fingerprint density at radius 1 is 1.00 bits per heavy atom. The first-order chi connectivity index (χ1) is 17.0. The molecule has 1 aliphatic heterocycles. The Bertz CT molecular complexity index is 1040. The van der Waals surface area contributed by atoms with E-state index in [1.54, 1.807) is 16.2 Å². The fourth-order valence-electron chi connectivity index (χ4n) is 3.63. The smallest absolute Gasteiger partial charge is 0.254 e. The van der Waals surface area contributed by atoms with Crippen LogP contribution in [-0.4, -0.2) is 46.2 Å². The van der Waals surface area contributed by atoms with E-state index < -0.39 is 18.1 Å². The Morgan fingerprint density at radius 3 is 2.29 bits per heavy atom. The third-order valence-corrected chi connectivity index (χ3v) is 6.54. The number of rotatable bonds is 7. The van der Waals surface area contributed by atoms with Gasteiger partial charge in [-0.15, -0.1) is 11.3 Å². The second-order valence-corrected chi connectivity index (χ2v) is 9.25. The summed E-state index contributed by atoms with van der Waals surface area (Å²) in [6.45, 7) is 7.15. The van der Waals surface area contributed by atoms with E-state index in [-0.39, 0.29) is 0 Å². The molecule has 2 amide bonds. The Balaban J connectivity index is 0.000000231. The molecule has 2 atom stereocenters. The predicted octanol–water partition coefficient (Wildman–Crippen LogP) is 3.92. The molecule has 3 N–H and O–H groups in total. The Kier molecular flexibility index (Phi) is 12.2. The first kappa shape index (κ1) is 28.2. The second-order valence-electron chi connectivity index (χ2n) is 7.99. The van der Waals surface area contributed by atoms with E-state index in [4.69, 9.17) is 0 Å². The van der Waals surface area contributed by atoms with Crippen molar-refractivity contribution in [3.8, 4) is 0 Å². The molecule has 0 fully saturated rings. The van der Waals surface area contributed by atoms with Gasteiger partial charge in [0.05, 0.1) is 12.6 Å². The fraction of sp³-hybridized carbons (Fsp3) is 0.357. The number of aliphatic hydroxyl groups excluding tert-OH is 2. The fourth-order valence-corrected chi connectivity index (χ4v) is 4.63. The average Bonchev–Trinajstić information content (AvgIpc) is 3.35. The molecule has 7 heteroatoms. The molecule has 4 rings (SSSR count). The summed E-state index contributed by atoms with van der Waals surface area (Å²) >= 11 is 1.75. The molecule has 0 radical (unpaired) electrons. The van der Waals surface area contributed by atoms with Crippen LogP contribution in [0.25, 0.3) is 0 Å². The molecule has 0 saturated carbocycles. The third-order valence-electron chi connectivity index (χ3n) is 5.45. The molecule has 0 aliphatic carbocycles. The molecule has 1 aromatic heterocycles. The van der Waals surface area contributed by atoms with Crippen molar-refractivity contribution in [3.05, 3.63) is 93.2 Å². The Morgan fingerprint density at radius 2 is 1.63 bits per heavy atom. The first-order valence-corrected chi connectivity index (χ1v) is 12.8. The number of fused-ring (bicyclic) bond motifs is 1. The van der Waals surface area contributed by atoms with Gasteiger partial charge in [-0.3, -0.25) is 9.59 Å². The number of amides is 2. The Labute approximate surface area is 212 Å². The monoisotopic (exact) mass is 496 g/mol. The lowest BCUT2D eigenvalue weighted by Crippen LogP contribution is -2.45. The quantitative estimate of drug-likeness (QED) is 0.433. The van der Waals surface area contributed by atoms with Crippen molar-refractivity contribution >= 4 is 23.7 Å². The maximum Gasteiger partial charge on any atom is 0.254 e. The van der Waals surface area contributed by atoms with Crippen LogP contribution in [0.3, 0.4) is 0 Å². The van der Waals surface area contributed by atoms with Crippen molar-refractivity contribution in [2.45, 2.75) is 58.9 Å². The molecule has 2 heterocycles. The summed E-state index contributed by atoms with van der Waals surface area (Å²) < 4.78 is 0. The molecule has 2 aromatic carbocycles. The van der Waals surface area contributed by atoms with E-state index in [9.17, 15) is 19.8 Å². The first-order valence-electron chi connectivity index (χ1n) is 12.0. The van der Waals surface area contributed by atoms with Crippen LogP contribution >= 0.6 is 11.3 Å². The van der Waals surface area contributed by atoms with Crippen LogP contribution in [-0.2, 0) is 35.5 Å². The minimum Gasteiger partial charge on any atom is -0.390 e. The van der Waals surface area contributed by atoms with E-state index in [2.05, 4.69) is 47.8 Å². The number of carbonyl (C=O) groups is 2. The molecule has 1 aliphatic rings. The average molecular weight is 497 g/mol. The zero-order chi connectivity index (χ0) is 25.6. The summed E-state index contributed by atoms with van der Waals surface area (Å²) in [6, 6.07) is 22.6.